The van der Waals surface area contributed by atoms with Crippen molar-refractivity contribution in [2.45, 2.75) is 34.8 Å². The van der Waals surface area contributed by atoms with Crippen molar-refractivity contribution in [1.29, 1.82) is 0 Å². The van der Waals surface area contributed by atoms with Crippen LogP contribution in [-0.2, 0) is 32.9 Å². The van der Waals surface area contributed by atoms with Gasteiger partial charge in [-0.1, -0.05) is 12.1 Å². The molecule has 1 fully saturated rings. The molecule has 4 rings (SSSR count). The molecule has 6 nitrogen and oxygen atoms in total. The monoisotopic (exact) mass is 426 g/mol. The molecule has 1 saturated heterocycles. The normalized spacial score (nSPS) is 19.7. The van der Waals surface area contributed by atoms with E-state index in [1.165, 1.54) is 25.5 Å². The van der Waals surface area contributed by atoms with Crippen LogP contribution in [0.1, 0.15) is 24.0 Å². The molecule has 0 bridgehead atoms. The average Bonchev–Trinajstić information content (AvgIpc) is 3.23. The molecular weight excluding hydrogens is 404 g/mol. The number of nitrogens with zero attached hydrogens (tertiary/aromatic N) is 2. The van der Waals surface area contributed by atoms with Crippen LogP contribution < -0.4 is 0 Å². The molecule has 0 saturated carbocycles. The molecule has 0 atom stereocenters. The molecule has 0 spiro atoms. The molecule has 0 amide bonds. The summed E-state index contributed by atoms with van der Waals surface area (Å²) in [6.07, 6.45) is 4.18. The molecule has 0 unspecified atom stereocenters. The van der Waals surface area contributed by atoms with Crippen molar-refractivity contribution in [2.24, 2.45) is 0 Å². The second kappa shape index (κ2) is 7.29. The summed E-state index contributed by atoms with van der Waals surface area (Å²) in [6.45, 7) is 0.683. The fourth-order valence-electron chi connectivity index (χ4n) is 3.71. The Morgan fingerprint density at radius 1 is 0.778 bits per heavy atom. The average molecular weight is 427 g/mol. The van der Waals surface area contributed by atoms with Gasteiger partial charge in [-0.15, -0.1) is 11.3 Å². The van der Waals surface area contributed by atoms with Crippen LogP contribution in [0, 0.1) is 0 Å². The van der Waals surface area contributed by atoms with Gasteiger partial charge in [0, 0.05) is 26.2 Å². The number of hydrogen-bond donors (Lipinski definition) is 0. The lowest BCUT2D eigenvalue weighted by atomic mass is 9.92. The lowest BCUT2D eigenvalue weighted by Gasteiger charge is -2.33. The Kier molecular flexibility index (Phi) is 5.15. The summed E-state index contributed by atoms with van der Waals surface area (Å²) in [7, 11) is -7.14. The zero-order chi connectivity index (χ0) is 19.1. The number of thiophene rings is 1. The zero-order valence-electron chi connectivity index (χ0n) is 14.9. The predicted octanol–water partition coefficient (Wildman–Crippen LogP) is 2.32. The SMILES string of the molecule is O=S(=O)(c1ccc2c(c1)CCCC2)N1CCN(S(=O)(=O)c2cccs2)CC1. The summed E-state index contributed by atoms with van der Waals surface area (Å²) in [5.74, 6) is 0. The highest BCUT2D eigenvalue weighted by Gasteiger charge is 2.34. The van der Waals surface area contributed by atoms with Crippen molar-refractivity contribution in [2.75, 3.05) is 26.2 Å². The number of hydrogen-bond acceptors (Lipinski definition) is 5. The van der Waals surface area contributed by atoms with Crippen molar-refractivity contribution in [3.63, 3.8) is 0 Å². The number of sulfonamides is 2. The van der Waals surface area contributed by atoms with E-state index in [0.717, 1.165) is 31.2 Å². The van der Waals surface area contributed by atoms with Gasteiger partial charge in [0.2, 0.25) is 10.0 Å². The van der Waals surface area contributed by atoms with Crippen LogP contribution in [0.2, 0.25) is 0 Å². The number of piperazine rings is 1. The molecule has 1 aromatic carbocycles. The van der Waals surface area contributed by atoms with E-state index in [9.17, 15) is 16.8 Å². The maximum Gasteiger partial charge on any atom is 0.252 e. The molecule has 0 N–H and O–H groups in total. The first-order valence-corrected chi connectivity index (χ1v) is 12.8. The Balaban J connectivity index is 1.50. The van der Waals surface area contributed by atoms with Gasteiger partial charge in [0.25, 0.3) is 10.0 Å². The smallest absolute Gasteiger partial charge is 0.207 e. The molecule has 1 aliphatic carbocycles. The van der Waals surface area contributed by atoms with E-state index in [1.54, 1.807) is 29.6 Å². The van der Waals surface area contributed by atoms with E-state index in [-0.39, 0.29) is 26.2 Å². The van der Waals surface area contributed by atoms with Crippen molar-refractivity contribution in [1.82, 2.24) is 8.61 Å². The van der Waals surface area contributed by atoms with Crippen LogP contribution in [0.15, 0.2) is 44.8 Å². The summed E-state index contributed by atoms with van der Waals surface area (Å²) >= 11 is 1.18. The predicted molar refractivity (Wildman–Crippen MR) is 105 cm³/mol. The van der Waals surface area contributed by atoms with Crippen LogP contribution in [0.25, 0.3) is 0 Å². The van der Waals surface area contributed by atoms with Gasteiger partial charge in [-0.05, 0) is 60.4 Å². The first-order chi connectivity index (χ1) is 12.9. The fraction of sp³-hybridized carbons (Fsp3) is 0.444. The zero-order valence-corrected chi connectivity index (χ0v) is 17.3. The number of aryl methyl sites for hydroxylation is 2. The van der Waals surface area contributed by atoms with Crippen LogP contribution >= 0.6 is 11.3 Å². The highest BCUT2D eigenvalue weighted by molar-refractivity contribution is 7.91. The molecule has 2 aliphatic rings. The molecule has 9 heteroatoms. The van der Waals surface area contributed by atoms with Gasteiger partial charge in [0.1, 0.15) is 4.21 Å². The topological polar surface area (TPSA) is 74.8 Å². The van der Waals surface area contributed by atoms with E-state index in [0.29, 0.717) is 9.10 Å². The molecular formula is C18H22N2O4S3. The maximum absolute atomic E-state index is 13.0. The molecule has 1 aliphatic heterocycles. The first-order valence-electron chi connectivity index (χ1n) is 9.05. The molecule has 2 aromatic rings. The Hall–Kier alpha value is -1.26. The third-order valence-corrected chi connectivity index (χ3v) is 10.4. The van der Waals surface area contributed by atoms with Crippen LogP contribution in [0.4, 0.5) is 0 Å². The summed E-state index contributed by atoms with van der Waals surface area (Å²) in [4.78, 5) is 0.317. The number of fused-ring (bicyclic) bond motifs is 1. The molecule has 1 aromatic heterocycles. The first kappa shape index (κ1) is 19.1. The van der Waals surface area contributed by atoms with Crippen molar-refractivity contribution in [3.8, 4) is 0 Å². The summed E-state index contributed by atoms with van der Waals surface area (Å²) in [6, 6.07) is 8.70. The Labute approximate surface area is 164 Å². The van der Waals surface area contributed by atoms with Crippen molar-refractivity contribution in [3.05, 3.63) is 46.8 Å². The van der Waals surface area contributed by atoms with E-state index in [2.05, 4.69) is 0 Å². The lowest BCUT2D eigenvalue weighted by molar-refractivity contribution is 0.273. The Morgan fingerprint density at radius 2 is 1.41 bits per heavy atom. The highest BCUT2D eigenvalue weighted by Crippen LogP contribution is 2.27. The molecule has 2 heterocycles. The highest BCUT2D eigenvalue weighted by atomic mass is 32.2. The van der Waals surface area contributed by atoms with Gasteiger partial charge < -0.3 is 0 Å². The third-order valence-electron chi connectivity index (χ3n) is 5.24. The second-order valence-corrected chi connectivity index (χ2v) is 11.9. The Morgan fingerprint density at radius 3 is 2.04 bits per heavy atom. The Bertz CT molecular complexity index is 1020. The summed E-state index contributed by atoms with van der Waals surface area (Å²) in [5.41, 5.74) is 2.37. The van der Waals surface area contributed by atoms with Gasteiger partial charge in [0.05, 0.1) is 4.90 Å². The van der Waals surface area contributed by atoms with Gasteiger partial charge in [-0.3, -0.25) is 0 Å². The van der Waals surface area contributed by atoms with Crippen molar-refractivity contribution >= 4 is 31.4 Å². The minimum absolute atomic E-state index is 0.171. The number of benzene rings is 1. The largest absolute Gasteiger partial charge is 0.252 e. The van der Waals surface area contributed by atoms with Gasteiger partial charge >= 0.3 is 0 Å². The van der Waals surface area contributed by atoms with E-state index in [4.69, 9.17) is 0 Å². The molecule has 27 heavy (non-hydrogen) atoms. The maximum atomic E-state index is 13.0. The van der Waals surface area contributed by atoms with Gasteiger partial charge in [0.15, 0.2) is 0 Å². The van der Waals surface area contributed by atoms with E-state index < -0.39 is 20.0 Å². The number of rotatable bonds is 4. The fourth-order valence-corrected chi connectivity index (χ4v) is 7.75. The minimum atomic E-state index is -3.60. The van der Waals surface area contributed by atoms with E-state index in [1.807, 2.05) is 6.07 Å². The van der Waals surface area contributed by atoms with Crippen LogP contribution in [0.5, 0.6) is 0 Å². The quantitative estimate of drug-likeness (QED) is 0.752. The summed E-state index contributed by atoms with van der Waals surface area (Å²) < 4.78 is 54.3. The molecule has 0 radical (unpaired) electrons. The molecule has 146 valence electrons. The lowest BCUT2D eigenvalue weighted by Crippen LogP contribution is -2.50. The minimum Gasteiger partial charge on any atom is -0.207 e. The van der Waals surface area contributed by atoms with Crippen LogP contribution in [-0.4, -0.2) is 51.6 Å². The second-order valence-electron chi connectivity index (χ2n) is 6.88. The third kappa shape index (κ3) is 3.58. The summed E-state index contributed by atoms with van der Waals surface area (Å²) in [5, 5.41) is 1.73. The standard InChI is InChI=1S/C18H22N2O4S3/c21-26(22,17-8-7-15-4-1-2-5-16(15)14-17)19-9-11-20(12-10-19)27(23,24)18-6-3-13-25-18/h3,6-8,13-14H,1-2,4-5,9-12H2. The van der Waals surface area contributed by atoms with Crippen molar-refractivity contribution < 1.29 is 16.8 Å². The van der Waals surface area contributed by atoms with Gasteiger partial charge in [-0.2, -0.15) is 8.61 Å². The van der Waals surface area contributed by atoms with E-state index >= 15 is 0 Å². The van der Waals surface area contributed by atoms with Gasteiger partial charge in [-0.25, -0.2) is 16.8 Å². The van der Waals surface area contributed by atoms with Crippen LogP contribution in [0.3, 0.4) is 0 Å².